The summed E-state index contributed by atoms with van der Waals surface area (Å²) < 4.78 is 11.8. The smallest absolute Gasteiger partial charge is 0.0923 e. The topological polar surface area (TPSA) is 26.0 Å². The second kappa shape index (κ2) is 2.44. The number of halogens is 1. The number of alkyl halides is 1. The molecule has 0 aromatic heterocycles. The molecule has 0 bridgehead atoms. The molecule has 0 amide bonds. The van der Waals surface area contributed by atoms with Gasteiger partial charge in [0.05, 0.1) is 6.67 Å². The third kappa shape index (κ3) is 1.19. The number of rotatable bonds is 1. The van der Waals surface area contributed by atoms with Crippen LogP contribution in [0.3, 0.4) is 0 Å². The summed E-state index contributed by atoms with van der Waals surface area (Å²) in [5.41, 5.74) is 5.53. The Morgan fingerprint density at radius 1 is 1.50 bits per heavy atom. The number of hydrogen-bond acceptors (Lipinski definition) is 1. The van der Waals surface area contributed by atoms with E-state index in [4.69, 9.17) is 5.73 Å². The maximum absolute atomic E-state index is 11.8. The van der Waals surface area contributed by atoms with Crippen LogP contribution in [0.1, 0.15) is 19.3 Å². The molecular weight excluding hydrogens is 105 g/mol. The molecule has 1 saturated carbocycles. The van der Waals surface area contributed by atoms with Crippen LogP contribution in [0.5, 0.6) is 0 Å². The van der Waals surface area contributed by atoms with Crippen LogP contribution in [0.2, 0.25) is 0 Å². The third-order valence-electron chi connectivity index (χ3n) is 1.80. The van der Waals surface area contributed by atoms with Crippen molar-refractivity contribution in [2.45, 2.75) is 25.3 Å². The van der Waals surface area contributed by atoms with E-state index in [1.807, 2.05) is 0 Å². The maximum Gasteiger partial charge on any atom is 0.0923 e. The van der Waals surface area contributed by atoms with E-state index in [0.29, 0.717) is 0 Å². The van der Waals surface area contributed by atoms with Gasteiger partial charge in [-0.2, -0.15) is 0 Å². The van der Waals surface area contributed by atoms with E-state index >= 15 is 0 Å². The first-order valence-electron chi connectivity index (χ1n) is 3.14. The van der Waals surface area contributed by atoms with E-state index in [-0.39, 0.29) is 18.6 Å². The van der Waals surface area contributed by atoms with E-state index < -0.39 is 0 Å². The Bertz CT molecular complexity index is 74.9. The highest BCUT2D eigenvalue weighted by Gasteiger charge is 2.20. The van der Waals surface area contributed by atoms with Crippen molar-refractivity contribution in [1.82, 2.24) is 0 Å². The van der Waals surface area contributed by atoms with Crippen molar-refractivity contribution in [3.05, 3.63) is 0 Å². The Morgan fingerprint density at radius 3 is 2.50 bits per heavy atom. The van der Waals surface area contributed by atoms with Gasteiger partial charge in [-0.05, 0) is 25.2 Å². The largest absolute Gasteiger partial charge is 0.328 e. The summed E-state index contributed by atoms with van der Waals surface area (Å²) in [6.07, 6.45) is 2.92. The van der Waals surface area contributed by atoms with Crippen molar-refractivity contribution in [2.75, 3.05) is 6.67 Å². The molecule has 0 spiro atoms. The minimum atomic E-state index is -0.173. The lowest BCUT2D eigenvalue weighted by atomic mass is 10.1. The van der Waals surface area contributed by atoms with E-state index in [9.17, 15) is 4.39 Å². The van der Waals surface area contributed by atoms with Gasteiger partial charge in [0, 0.05) is 6.04 Å². The average Bonchev–Trinajstić information content (AvgIpc) is 2.14. The highest BCUT2D eigenvalue weighted by Crippen LogP contribution is 2.23. The first-order chi connectivity index (χ1) is 3.83. The third-order valence-corrected chi connectivity index (χ3v) is 1.80. The Kier molecular flexibility index (Phi) is 1.84. The van der Waals surface area contributed by atoms with Crippen LogP contribution in [0.15, 0.2) is 0 Å². The van der Waals surface area contributed by atoms with Crippen LogP contribution in [0.4, 0.5) is 4.39 Å². The van der Waals surface area contributed by atoms with Crippen molar-refractivity contribution in [3.8, 4) is 0 Å². The fourth-order valence-corrected chi connectivity index (χ4v) is 1.25. The molecule has 1 aliphatic carbocycles. The van der Waals surface area contributed by atoms with Gasteiger partial charge in [-0.15, -0.1) is 0 Å². The molecule has 48 valence electrons. The van der Waals surface area contributed by atoms with Crippen molar-refractivity contribution >= 4 is 0 Å². The van der Waals surface area contributed by atoms with Crippen LogP contribution in [0, 0.1) is 5.92 Å². The molecule has 2 heteroatoms. The maximum atomic E-state index is 11.8. The van der Waals surface area contributed by atoms with Gasteiger partial charge in [0.25, 0.3) is 0 Å². The van der Waals surface area contributed by atoms with Crippen molar-refractivity contribution < 1.29 is 4.39 Å². The molecule has 1 fully saturated rings. The van der Waals surface area contributed by atoms with Crippen LogP contribution in [-0.4, -0.2) is 12.7 Å². The average molecular weight is 117 g/mol. The summed E-state index contributed by atoms with van der Waals surface area (Å²) in [6, 6.07) is 0.288. The Hall–Kier alpha value is -0.110. The van der Waals surface area contributed by atoms with E-state index in [1.54, 1.807) is 0 Å². The van der Waals surface area contributed by atoms with Gasteiger partial charge in [-0.3, -0.25) is 4.39 Å². The zero-order valence-electron chi connectivity index (χ0n) is 4.94. The Labute approximate surface area is 49.1 Å². The predicted octanol–water partition coefficient (Wildman–Crippen LogP) is 1.08. The van der Waals surface area contributed by atoms with E-state index in [0.717, 1.165) is 19.3 Å². The molecule has 2 N–H and O–H groups in total. The zero-order valence-corrected chi connectivity index (χ0v) is 4.94. The van der Waals surface area contributed by atoms with Gasteiger partial charge < -0.3 is 5.73 Å². The van der Waals surface area contributed by atoms with Gasteiger partial charge in [0.1, 0.15) is 0 Å². The second-order valence-corrected chi connectivity index (χ2v) is 2.59. The molecule has 0 heterocycles. The Morgan fingerprint density at radius 2 is 2.25 bits per heavy atom. The van der Waals surface area contributed by atoms with Crippen molar-refractivity contribution in [1.29, 1.82) is 0 Å². The molecule has 1 aliphatic rings. The lowest BCUT2D eigenvalue weighted by Crippen LogP contribution is -2.14. The first kappa shape index (κ1) is 6.02. The summed E-state index contributed by atoms with van der Waals surface area (Å²) >= 11 is 0. The summed E-state index contributed by atoms with van der Waals surface area (Å²) in [7, 11) is 0. The molecule has 0 aromatic rings. The Balaban J connectivity index is 2.22. The van der Waals surface area contributed by atoms with Crippen LogP contribution in [-0.2, 0) is 0 Å². The molecule has 0 saturated heterocycles. The summed E-state index contributed by atoms with van der Waals surface area (Å²) in [5.74, 6) is 0.282. The summed E-state index contributed by atoms with van der Waals surface area (Å²) in [6.45, 7) is -0.173. The van der Waals surface area contributed by atoms with Crippen molar-refractivity contribution in [2.24, 2.45) is 11.7 Å². The van der Waals surface area contributed by atoms with Gasteiger partial charge in [-0.25, -0.2) is 0 Å². The molecule has 0 aliphatic heterocycles. The molecule has 1 nitrogen and oxygen atoms in total. The quantitative estimate of drug-likeness (QED) is 0.546. The molecule has 0 radical (unpaired) electrons. The van der Waals surface area contributed by atoms with Gasteiger partial charge in [0.2, 0.25) is 0 Å². The summed E-state index contributed by atoms with van der Waals surface area (Å²) in [4.78, 5) is 0. The lowest BCUT2D eigenvalue weighted by Gasteiger charge is -1.99. The zero-order chi connectivity index (χ0) is 5.98. The molecule has 8 heavy (non-hydrogen) atoms. The number of hydrogen-bond donors (Lipinski definition) is 1. The monoisotopic (exact) mass is 117 g/mol. The van der Waals surface area contributed by atoms with Gasteiger partial charge in [0.15, 0.2) is 0 Å². The molecule has 2 atom stereocenters. The lowest BCUT2D eigenvalue weighted by molar-refractivity contribution is 0.365. The molecule has 0 aromatic carbocycles. The first-order valence-corrected chi connectivity index (χ1v) is 3.14. The highest BCUT2D eigenvalue weighted by molar-refractivity contribution is 4.76. The van der Waals surface area contributed by atoms with Crippen LogP contribution < -0.4 is 5.73 Å². The fraction of sp³-hybridized carbons (Fsp3) is 1.00. The van der Waals surface area contributed by atoms with Crippen molar-refractivity contribution in [3.63, 3.8) is 0 Å². The summed E-state index contributed by atoms with van der Waals surface area (Å²) in [5, 5.41) is 0. The minimum absolute atomic E-state index is 0.173. The predicted molar refractivity (Wildman–Crippen MR) is 31.3 cm³/mol. The number of nitrogens with two attached hydrogens (primary N) is 1. The molecule has 1 unspecified atom stereocenters. The highest BCUT2D eigenvalue weighted by atomic mass is 19.1. The van der Waals surface area contributed by atoms with Gasteiger partial charge >= 0.3 is 0 Å². The van der Waals surface area contributed by atoms with E-state index in [1.165, 1.54) is 0 Å². The molecule has 1 rings (SSSR count). The second-order valence-electron chi connectivity index (χ2n) is 2.59. The SMILES string of the molecule is N[C@H]1CCC(CF)C1. The van der Waals surface area contributed by atoms with Crippen LogP contribution >= 0.6 is 0 Å². The standard InChI is InChI=1S/C6H12FN/c7-4-5-1-2-6(8)3-5/h5-6H,1-4,8H2/t5?,6-/m0/s1. The van der Waals surface area contributed by atoms with Gasteiger partial charge in [-0.1, -0.05) is 0 Å². The van der Waals surface area contributed by atoms with E-state index in [2.05, 4.69) is 0 Å². The normalized spacial score (nSPS) is 38.2. The minimum Gasteiger partial charge on any atom is -0.328 e. The molecular formula is C6H12FN. The van der Waals surface area contributed by atoms with Crippen LogP contribution in [0.25, 0.3) is 0 Å². The fourth-order valence-electron chi connectivity index (χ4n) is 1.25.